The number of carbonyl (C=O) groups excluding carboxylic acids is 2. The molecule has 206 valence electrons. The van der Waals surface area contributed by atoms with Gasteiger partial charge in [-0.1, -0.05) is 71.9 Å². The number of esters is 1. The first-order valence-electron chi connectivity index (χ1n) is 13.4. The molecule has 1 aliphatic carbocycles. The van der Waals surface area contributed by atoms with Gasteiger partial charge in [0, 0.05) is 12.0 Å². The first kappa shape index (κ1) is 27.0. The number of carbonyl (C=O) groups is 2. The molecule has 1 aromatic heterocycles. The van der Waals surface area contributed by atoms with Crippen molar-refractivity contribution in [2.75, 3.05) is 25.6 Å². The Labute approximate surface area is 233 Å². The predicted molar refractivity (Wildman–Crippen MR) is 151 cm³/mol. The van der Waals surface area contributed by atoms with Gasteiger partial charge in [0.2, 0.25) is 0 Å². The number of methoxy groups -OCH3 is 1. The second kappa shape index (κ2) is 11.7. The number of hydrogen-bond acceptors (Lipinski definition) is 7. The van der Waals surface area contributed by atoms with E-state index in [1.54, 1.807) is 14.0 Å². The van der Waals surface area contributed by atoms with Gasteiger partial charge in [0.1, 0.15) is 17.1 Å². The molecule has 1 amide bonds. The highest BCUT2D eigenvalue weighted by Gasteiger charge is 2.52. The van der Waals surface area contributed by atoms with Crippen LogP contribution in [0.5, 0.6) is 5.75 Å². The molecule has 0 atom stereocenters. The van der Waals surface area contributed by atoms with E-state index in [9.17, 15) is 9.59 Å². The molecule has 1 N–H and O–H groups in total. The maximum Gasteiger partial charge on any atom is 0.411 e. The Bertz CT molecular complexity index is 1490. The van der Waals surface area contributed by atoms with E-state index >= 15 is 0 Å². The van der Waals surface area contributed by atoms with Gasteiger partial charge in [0.25, 0.3) is 0 Å². The molecule has 0 spiro atoms. The average molecular weight is 541 g/mol. The molecule has 0 aliphatic heterocycles. The summed E-state index contributed by atoms with van der Waals surface area (Å²) < 4.78 is 21.6. The quantitative estimate of drug-likeness (QED) is 0.223. The lowest BCUT2D eigenvalue weighted by atomic mass is 9.93. The van der Waals surface area contributed by atoms with E-state index in [4.69, 9.17) is 18.7 Å². The molecule has 0 unspecified atom stereocenters. The number of nitrogens with one attached hydrogen (secondary N) is 1. The van der Waals surface area contributed by atoms with Crippen molar-refractivity contribution in [1.82, 2.24) is 5.16 Å². The second-order valence-corrected chi connectivity index (χ2v) is 9.75. The van der Waals surface area contributed by atoms with Gasteiger partial charge in [-0.25, -0.2) is 4.79 Å². The van der Waals surface area contributed by atoms with Gasteiger partial charge >= 0.3 is 12.1 Å². The Kier molecular flexibility index (Phi) is 7.86. The van der Waals surface area contributed by atoms with E-state index in [1.807, 2.05) is 79.7 Å². The predicted octanol–water partition coefficient (Wildman–Crippen LogP) is 6.71. The maximum absolute atomic E-state index is 12.5. The topological polar surface area (TPSA) is 99.9 Å². The van der Waals surface area contributed by atoms with Crippen LogP contribution in [-0.4, -0.2) is 37.5 Å². The Balaban J connectivity index is 1.23. The largest absolute Gasteiger partial charge is 0.496 e. The van der Waals surface area contributed by atoms with E-state index in [0.717, 1.165) is 46.4 Å². The van der Waals surface area contributed by atoms with Crippen LogP contribution in [-0.2, 0) is 26.1 Å². The number of ether oxygens (including phenoxy) is 3. The maximum atomic E-state index is 12.5. The van der Waals surface area contributed by atoms with Crippen LogP contribution in [0.4, 0.5) is 10.5 Å². The lowest BCUT2D eigenvalue weighted by Crippen LogP contribution is -2.23. The number of aromatic nitrogens is 1. The number of nitrogens with zero attached hydrogens (tertiary/aromatic N) is 1. The van der Waals surface area contributed by atoms with Gasteiger partial charge in [-0.2, -0.15) is 0 Å². The highest BCUT2D eigenvalue weighted by atomic mass is 16.5. The zero-order valence-corrected chi connectivity index (χ0v) is 22.9. The zero-order valence-electron chi connectivity index (χ0n) is 22.9. The van der Waals surface area contributed by atoms with Crippen LogP contribution in [0.3, 0.4) is 0 Å². The summed E-state index contributed by atoms with van der Waals surface area (Å²) in [6, 6.07) is 23.5. The van der Waals surface area contributed by atoms with Crippen LogP contribution in [0.15, 0.2) is 77.3 Å². The smallest absolute Gasteiger partial charge is 0.411 e. The Morgan fingerprint density at radius 1 is 0.925 bits per heavy atom. The molecular formula is C32H32N2O6. The summed E-state index contributed by atoms with van der Waals surface area (Å²) >= 11 is 0. The van der Waals surface area contributed by atoms with E-state index in [1.165, 1.54) is 0 Å². The van der Waals surface area contributed by atoms with Gasteiger partial charge in [-0.15, -0.1) is 0 Å². The normalized spacial score (nSPS) is 13.4. The van der Waals surface area contributed by atoms with Gasteiger partial charge in [-0.3, -0.25) is 10.1 Å². The van der Waals surface area contributed by atoms with Crippen LogP contribution in [0, 0.1) is 6.92 Å². The SMILES string of the molecule is CCOC(=O)C1(c2ccc(-c3ccc(-c4onc(C)c4NC(=O)OCCc4ccccc4OC)cc3)cc2)CC1. The molecule has 40 heavy (non-hydrogen) atoms. The number of aryl methyl sites for hydroxylation is 1. The van der Waals surface area contributed by atoms with Crippen molar-refractivity contribution in [1.29, 1.82) is 0 Å². The minimum absolute atomic E-state index is 0.140. The zero-order chi connectivity index (χ0) is 28.1. The molecule has 1 fully saturated rings. The molecule has 8 nitrogen and oxygen atoms in total. The van der Waals surface area contributed by atoms with Crippen molar-refractivity contribution in [2.45, 2.75) is 38.5 Å². The number of para-hydroxylation sites is 1. The van der Waals surface area contributed by atoms with Crippen molar-refractivity contribution in [3.63, 3.8) is 0 Å². The minimum Gasteiger partial charge on any atom is -0.496 e. The fourth-order valence-electron chi connectivity index (χ4n) is 4.82. The third-order valence-electron chi connectivity index (χ3n) is 7.22. The molecule has 5 rings (SSSR count). The highest BCUT2D eigenvalue weighted by molar-refractivity contribution is 5.91. The van der Waals surface area contributed by atoms with Crippen LogP contribution in [0.2, 0.25) is 0 Å². The molecule has 0 radical (unpaired) electrons. The van der Waals surface area contributed by atoms with Crippen molar-refractivity contribution in [3.05, 3.63) is 89.6 Å². The summed E-state index contributed by atoms with van der Waals surface area (Å²) in [6.07, 6.45) is 1.58. The first-order valence-corrected chi connectivity index (χ1v) is 13.4. The summed E-state index contributed by atoms with van der Waals surface area (Å²) in [5.41, 5.74) is 5.29. The molecule has 0 saturated heterocycles. The number of anilines is 1. The van der Waals surface area contributed by atoms with Crippen LogP contribution < -0.4 is 10.1 Å². The lowest BCUT2D eigenvalue weighted by molar-refractivity contribution is -0.146. The molecule has 8 heteroatoms. The molecule has 1 saturated carbocycles. The first-order chi connectivity index (χ1) is 19.4. The number of benzene rings is 3. The number of hydrogen-bond donors (Lipinski definition) is 1. The van der Waals surface area contributed by atoms with E-state index in [-0.39, 0.29) is 12.6 Å². The van der Waals surface area contributed by atoms with Crippen molar-refractivity contribution in [2.24, 2.45) is 0 Å². The van der Waals surface area contributed by atoms with Crippen molar-refractivity contribution < 1.29 is 28.3 Å². The van der Waals surface area contributed by atoms with Gasteiger partial charge < -0.3 is 18.7 Å². The highest BCUT2D eigenvalue weighted by Crippen LogP contribution is 2.49. The molecule has 4 aromatic rings. The van der Waals surface area contributed by atoms with Gasteiger partial charge in [0.15, 0.2) is 5.76 Å². The third-order valence-corrected chi connectivity index (χ3v) is 7.22. The standard InChI is InChI=1S/C32H32N2O6/c1-4-38-30(35)32(18-19-32)26-15-13-23(14-16-26)22-9-11-25(12-10-22)29-28(21(2)34-40-29)33-31(36)39-20-17-24-7-5-6-8-27(24)37-3/h5-16H,4,17-20H2,1-3H3,(H,33,36). The molecule has 1 aliphatic rings. The summed E-state index contributed by atoms with van der Waals surface area (Å²) in [7, 11) is 1.61. The molecular weight excluding hydrogens is 508 g/mol. The van der Waals surface area contributed by atoms with Gasteiger partial charge in [-0.05, 0) is 55.0 Å². The summed E-state index contributed by atoms with van der Waals surface area (Å²) in [5.74, 6) is 1.07. The van der Waals surface area contributed by atoms with E-state index < -0.39 is 11.5 Å². The van der Waals surface area contributed by atoms with E-state index in [2.05, 4.69) is 10.5 Å². The third kappa shape index (κ3) is 5.57. The lowest BCUT2D eigenvalue weighted by Gasteiger charge is -2.14. The fraction of sp³-hybridized carbons (Fsp3) is 0.281. The molecule has 3 aromatic carbocycles. The average Bonchev–Trinajstić information content (AvgIpc) is 3.72. The van der Waals surface area contributed by atoms with Crippen LogP contribution in [0.1, 0.15) is 36.6 Å². The van der Waals surface area contributed by atoms with Gasteiger partial charge in [0.05, 0.1) is 25.7 Å². The number of amides is 1. The number of rotatable bonds is 10. The summed E-state index contributed by atoms with van der Waals surface area (Å²) in [4.78, 5) is 25.0. The Hall–Kier alpha value is -4.59. The summed E-state index contributed by atoms with van der Waals surface area (Å²) in [6.45, 7) is 4.17. The Morgan fingerprint density at radius 3 is 2.23 bits per heavy atom. The van der Waals surface area contributed by atoms with Crippen LogP contribution >= 0.6 is 0 Å². The minimum atomic E-state index is -0.588. The van der Waals surface area contributed by atoms with Crippen molar-refractivity contribution >= 4 is 17.7 Å². The molecule has 1 heterocycles. The second-order valence-electron chi connectivity index (χ2n) is 9.75. The monoisotopic (exact) mass is 540 g/mol. The summed E-state index contributed by atoms with van der Waals surface area (Å²) in [5, 5.41) is 6.82. The fourth-order valence-corrected chi connectivity index (χ4v) is 4.82. The van der Waals surface area contributed by atoms with Crippen molar-refractivity contribution in [3.8, 4) is 28.2 Å². The molecule has 0 bridgehead atoms. The van der Waals surface area contributed by atoms with Crippen LogP contribution in [0.25, 0.3) is 22.5 Å². The van der Waals surface area contributed by atoms with E-state index in [0.29, 0.717) is 30.2 Å². The Morgan fingerprint density at radius 2 is 1.57 bits per heavy atom.